The van der Waals surface area contributed by atoms with Crippen LogP contribution < -0.4 is 11.0 Å². The second-order valence-electron chi connectivity index (χ2n) is 7.76. The van der Waals surface area contributed by atoms with Gasteiger partial charge in [0.05, 0.1) is 6.61 Å². The van der Waals surface area contributed by atoms with Crippen molar-refractivity contribution in [1.82, 2.24) is 9.55 Å². The summed E-state index contributed by atoms with van der Waals surface area (Å²) >= 11 is 0. The molecule has 1 N–H and O–H groups in total. The van der Waals surface area contributed by atoms with Crippen molar-refractivity contribution in [2.45, 2.75) is 51.1 Å². The van der Waals surface area contributed by atoms with Gasteiger partial charge in [-0.15, -0.1) is 0 Å². The highest BCUT2D eigenvalue weighted by Gasteiger charge is 2.53. The zero-order valence-electron chi connectivity index (χ0n) is 17.3. The van der Waals surface area contributed by atoms with E-state index in [9.17, 15) is 14.4 Å². The number of carbonyl (C=O) groups excluding carboxylic acids is 2. The SMILES string of the molecule is CC(=O)O[C@H]1[C@@H]2OC(C)(C)O[C@@H]2CO[C@@H]1n1ccc(NC(=O)c2ccccc2)nc1=O. The molecule has 164 valence electrons. The summed E-state index contributed by atoms with van der Waals surface area (Å²) in [6.45, 7) is 4.92. The Labute approximate surface area is 178 Å². The molecular weight excluding hydrogens is 406 g/mol. The minimum Gasteiger partial charge on any atom is -0.455 e. The summed E-state index contributed by atoms with van der Waals surface area (Å²) in [4.78, 5) is 40.6. The summed E-state index contributed by atoms with van der Waals surface area (Å²) in [5.74, 6) is -1.71. The summed E-state index contributed by atoms with van der Waals surface area (Å²) in [5.41, 5.74) is -0.240. The summed E-state index contributed by atoms with van der Waals surface area (Å²) in [7, 11) is 0. The Kier molecular flexibility index (Phi) is 5.61. The molecule has 1 aromatic heterocycles. The van der Waals surface area contributed by atoms with Gasteiger partial charge in [-0.05, 0) is 32.0 Å². The fourth-order valence-corrected chi connectivity index (χ4v) is 3.73. The van der Waals surface area contributed by atoms with Gasteiger partial charge < -0.3 is 24.3 Å². The lowest BCUT2D eigenvalue weighted by atomic mass is 10.0. The molecule has 2 fully saturated rings. The molecule has 10 nitrogen and oxygen atoms in total. The molecule has 0 saturated carbocycles. The molecule has 2 aromatic rings. The van der Waals surface area contributed by atoms with E-state index >= 15 is 0 Å². The number of rotatable bonds is 4. The number of carbonyl (C=O) groups is 2. The van der Waals surface area contributed by atoms with Gasteiger partial charge in [0.25, 0.3) is 5.91 Å². The van der Waals surface area contributed by atoms with E-state index in [-0.39, 0.29) is 12.4 Å². The zero-order chi connectivity index (χ0) is 22.2. The summed E-state index contributed by atoms with van der Waals surface area (Å²) in [6.07, 6.45) is -1.49. The number of nitrogens with zero attached hydrogens (tertiary/aromatic N) is 2. The van der Waals surface area contributed by atoms with E-state index < -0.39 is 47.9 Å². The Balaban J connectivity index is 1.57. The van der Waals surface area contributed by atoms with Crippen molar-refractivity contribution in [3.63, 3.8) is 0 Å². The quantitative estimate of drug-likeness (QED) is 0.726. The normalized spacial score (nSPS) is 26.7. The van der Waals surface area contributed by atoms with Crippen LogP contribution in [-0.4, -0.2) is 52.1 Å². The average molecular weight is 429 g/mol. The van der Waals surface area contributed by atoms with Gasteiger partial charge in [-0.2, -0.15) is 4.98 Å². The average Bonchev–Trinajstić information content (AvgIpc) is 3.04. The zero-order valence-corrected chi connectivity index (χ0v) is 17.3. The lowest BCUT2D eigenvalue weighted by Crippen LogP contribution is -2.52. The monoisotopic (exact) mass is 429 g/mol. The highest BCUT2D eigenvalue weighted by molar-refractivity contribution is 6.03. The van der Waals surface area contributed by atoms with Crippen molar-refractivity contribution >= 4 is 17.7 Å². The van der Waals surface area contributed by atoms with Crippen LogP contribution in [0.1, 0.15) is 37.4 Å². The van der Waals surface area contributed by atoms with E-state index in [4.69, 9.17) is 18.9 Å². The topological polar surface area (TPSA) is 118 Å². The van der Waals surface area contributed by atoms with Crippen LogP contribution in [0.5, 0.6) is 0 Å². The molecule has 0 bridgehead atoms. The lowest BCUT2D eigenvalue weighted by molar-refractivity contribution is -0.205. The first-order valence-electron chi connectivity index (χ1n) is 9.83. The maximum Gasteiger partial charge on any atom is 0.351 e. The third kappa shape index (κ3) is 4.50. The number of amides is 1. The van der Waals surface area contributed by atoms with Crippen LogP contribution in [0.2, 0.25) is 0 Å². The van der Waals surface area contributed by atoms with Gasteiger partial charge in [0.2, 0.25) is 0 Å². The van der Waals surface area contributed by atoms with Crippen molar-refractivity contribution in [3.05, 3.63) is 58.6 Å². The van der Waals surface area contributed by atoms with E-state index in [0.717, 1.165) is 0 Å². The van der Waals surface area contributed by atoms with Crippen molar-refractivity contribution in [2.75, 3.05) is 11.9 Å². The largest absolute Gasteiger partial charge is 0.455 e. The summed E-state index contributed by atoms with van der Waals surface area (Å²) in [6, 6.07) is 10.0. The Morgan fingerprint density at radius 2 is 1.94 bits per heavy atom. The minimum absolute atomic E-state index is 0.0920. The molecule has 1 aromatic carbocycles. The molecule has 4 atom stereocenters. The number of fused-ring (bicyclic) bond motifs is 1. The second kappa shape index (κ2) is 8.22. The number of hydrogen-bond acceptors (Lipinski definition) is 8. The molecule has 4 rings (SSSR count). The van der Waals surface area contributed by atoms with Crippen LogP contribution in [0.15, 0.2) is 47.4 Å². The molecule has 2 aliphatic heterocycles. The van der Waals surface area contributed by atoms with Crippen molar-refractivity contribution < 1.29 is 28.5 Å². The van der Waals surface area contributed by atoms with Crippen LogP contribution in [-0.2, 0) is 23.7 Å². The molecule has 31 heavy (non-hydrogen) atoms. The standard InChI is InChI=1S/C21H23N3O7/c1-12(25)29-17-16-14(30-21(2,3)31-16)11-28-19(17)24-10-9-15(23-20(24)27)22-18(26)13-7-5-4-6-8-13/h4-10,14,16-17,19H,11H2,1-3H3,(H,22,23,26,27)/t14-,16-,17+,19+/m1/s1. The molecule has 2 aliphatic rings. The van der Waals surface area contributed by atoms with Gasteiger partial charge >= 0.3 is 11.7 Å². The molecular formula is C21H23N3O7. The smallest absolute Gasteiger partial charge is 0.351 e. The Morgan fingerprint density at radius 3 is 2.61 bits per heavy atom. The van der Waals surface area contributed by atoms with Crippen molar-refractivity contribution in [1.29, 1.82) is 0 Å². The van der Waals surface area contributed by atoms with Gasteiger partial charge in [-0.3, -0.25) is 14.2 Å². The maximum atomic E-state index is 12.7. The Bertz CT molecular complexity index is 1040. The number of benzene rings is 1. The first kappa shape index (κ1) is 21.2. The molecule has 0 aliphatic carbocycles. The van der Waals surface area contributed by atoms with Crippen molar-refractivity contribution in [2.24, 2.45) is 0 Å². The molecule has 2 saturated heterocycles. The third-order valence-corrected chi connectivity index (χ3v) is 4.94. The first-order valence-corrected chi connectivity index (χ1v) is 9.83. The van der Waals surface area contributed by atoms with Gasteiger partial charge in [-0.1, -0.05) is 18.2 Å². The Morgan fingerprint density at radius 1 is 1.19 bits per heavy atom. The van der Waals surface area contributed by atoms with Gasteiger partial charge in [-0.25, -0.2) is 4.79 Å². The van der Waals surface area contributed by atoms with E-state index in [0.29, 0.717) is 5.56 Å². The third-order valence-electron chi connectivity index (χ3n) is 4.94. The van der Waals surface area contributed by atoms with E-state index in [1.165, 1.54) is 23.8 Å². The number of aromatic nitrogens is 2. The van der Waals surface area contributed by atoms with E-state index in [1.807, 2.05) is 0 Å². The van der Waals surface area contributed by atoms with E-state index in [2.05, 4.69) is 10.3 Å². The number of hydrogen-bond donors (Lipinski definition) is 1. The van der Waals surface area contributed by atoms with Gasteiger partial charge in [0.1, 0.15) is 18.0 Å². The lowest BCUT2D eigenvalue weighted by Gasteiger charge is -2.37. The van der Waals surface area contributed by atoms with Crippen LogP contribution in [0.25, 0.3) is 0 Å². The van der Waals surface area contributed by atoms with Gasteiger partial charge in [0, 0.05) is 18.7 Å². The predicted molar refractivity (Wildman–Crippen MR) is 107 cm³/mol. The fourth-order valence-electron chi connectivity index (χ4n) is 3.73. The molecule has 0 radical (unpaired) electrons. The summed E-state index contributed by atoms with van der Waals surface area (Å²) < 4.78 is 24.2. The number of nitrogens with one attached hydrogen (secondary N) is 1. The maximum absolute atomic E-state index is 12.7. The molecule has 3 heterocycles. The van der Waals surface area contributed by atoms with Crippen LogP contribution in [0, 0.1) is 0 Å². The molecule has 0 unspecified atom stereocenters. The van der Waals surface area contributed by atoms with Crippen LogP contribution in [0.3, 0.4) is 0 Å². The predicted octanol–water partition coefficient (Wildman–Crippen LogP) is 1.48. The first-order chi connectivity index (χ1) is 14.7. The fraction of sp³-hybridized carbons (Fsp3) is 0.429. The van der Waals surface area contributed by atoms with E-state index in [1.54, 1.807) is 44.2 Å². The second-order valence-corrected chi connectivity index (χ2v) is 7.76. The van der Waals surface area contributed by atoms with Crippen LogP contribution in [0.4, 0.5) is 5.82 Å². The Hall–Kier alpha value is -3.08. The number of ether oxygens (including phenoxy) is 4. The minimum atomic E-state index is -0.957. The highest BCUT2D eigenvalue weighted by atomic mass is 16.8. The molecule has 0 spiro atoms. The summed E-state index contributed by atoms with van der Waals surface area (Å²) in [5, 5.41) is 2.59. The van der Waals surface area contributed by atoms with Gasteiger partial charge in [0.15, 0.2) is 18.1 Å². The molecule has 10 heteroatoms. The number of anilines is 1. The molecule has 1 amide bonds. The highest BCUT2D eigenvalue weighted by Crippen LogP contribution is 2.38. The van der Waals surface area contributed by atoms with Crippen molar-refractivity contribution in [3.8, 4) is 0 Å². The van der Waals surface area contributed by atoms with Crippen LogP contribution >= 0.6 is 0 Å². The number of esters is 1.